The van der Waals surface area contributed by atoms with Gasteiger partial charge in [-0.15, -0.1) is 0 Å². The van der Waals surface area contributed by atoms with Gasteiger partial charge in [-0.05, 0) is 49.5 Å². The number of amides is 1. The topological polar surface area (TPSA) is 58.4 Å². The zero-order valence-electron chi connectivity index (χ0n) is 13.1. The summed E-state index contributed by atoms with van der Waals surface area (Å²) in [4.78, 5) is 13.8. The molecule has 0 saturated carbocycles. The smallest absolute Gasteiger partial charge is 0.248 e. The number of benzene rings is 1. The molecule has 1 atom stereocenters. The average molecular weight is 289 g/mol. The van der Waals surface area contributed by atoms with Crippen molar-refractivity contribution < 1.29 is 4.79 Å². The van der Waals surface area contributed by atoms with Crippen LogP contribution < -0.4 is 11.1 Å². The van der Waals surface area contributed by atoms with E-state index >= 15 is 0 Å². The Morgan fingerprint density at radius 3 is 2.67 bits per heavy atom. The first kappa shape index (κ1) is 16.0. The predicted molar refractivity (Wildman–Crippen MR) is 86.1 cm³/mol. The molecule has 21 heavy (non-hydrogen) atoms. The van der Waals surface area contributed by atoms with Gasteiger partial charge in [-0.1, -0.05) is 26.0 Å². The molecule has 1 saturated heterocycles. The fraction of sp³-hybridized carbons (Fsp3) is 0.588. The fourth-order valence-electron chi connectivity index (χ4n) is 3.06. The first-order valence-corrected chi connectivity index (χ1v) is 7.91. The van der Waals surface area contributed by atoms with Crippen LogP contribution in [0.15, 0.2) is 24.3 Å². The highest BCUT2D eigenvalue weighted by atomic mass is 16.1. The Morgan fingerprint density at radius 2 is 2.05 bits per heavy atom. The van der Waals surface area contributed by atoms with E-state index in [0.29, 0.717) is 17.5 Å². The molecule has 0 bridgehead atoms. The maximum Gasteiger partial charge on any atom is 0.248 e. The lowest BCUT2D eigenvalue weighted by Crippen LogP contribution is -2.44. The molecule has 1 aromatic carbocycles. The fourth-order valence-corrected chi connectivity index (χ4v) is 3.06. The largest absolute Gasteiger partial charge is 0.366 e. The van der Waals surface area contributed by atoms with Gasteiger partial charge < -0.3 is 11.1 Å². The summed E-state index contributed by atoms with van der Waals surface area (Å²) in [5.74, 6) is 0.279. The van der Waals surface area contributed by atoms with Crippen molar-refractivity contribution in [2.45, 2.75) is 39.3 Å². The summed E-state index contributed by atoms with van der Waals surface area (Å²) >= 11 is 0. The van der Waals surface area contributed by atoms with Gasteiger partial charge in [0, 0.05) is 24.7 Å². The minimum atomic E-state index is -0.367. The van der Waals surface area contributed by atoms with E-state index in [1.165, 1.54) is 25.9 Å². The second kappa shape index (κ2) is 7.57. The molecule has 0 aliphatic carbocycles. The van der Waals surface area contributed by atoms with Gasteiger partial charge in [0.25, 0.3) is 0 Å². The quantitative estimate of drug-likeness (QED) is 0.807. The van der Waals surface area contributed by atoms with E-state index in [1.807, 2.05) is 18.2 Å². The minimum absolute atomic E-state index is 0.367. The summed E-state index contributed by atoms with van der Waals surface area (Å²) in [6.45, 7) is 8.79. The number of rotatable bonds is 7. The van der Waals surface area contributed by atoms with Crippen LogP contribution in [0.1, 0.15) is 42.6 Å². The van der Waals surface area contributed by atoms with Crippen molar-refractivity contribution in [1.29, 1.82) is 0 Å². The lowest BCUT2D eigenvalue weighted by Gasteiger charge is -2.31. The Kier molecular flexibility index (Phi) is 5.76. The zero-order valence-corrected chi connectivity index (χ0v) is 13.1. The summed E-state index contributed by atoms with van der Waals surface area (Å²) in [5.41, 5.74) is 7.00. The van der Waals surface area contributed by atoms with Crippen molar-refractivity contribution in [3.63, 3.8) is 0 Å². The van der Waals surface area contributed by atoms with Gasteiger partial charge in [-0.25, -0.2) is 0 Å². The van der Waals surface area contributed by atoms with E-state index in [2.05, 4.69) is 24.1 Å². The number of carbonyl (C=O) groups excluding carboxylic acids is 1. The number of nitrogens with two attached hydrogens (primary N) is 1. The Morgan fingerprint density at radius 1 is 1.33 bits per heavy atom. The van der Waals surface area contributed by atoms with Crippen LogP contribution in [0.3, 0.4) is 0 Å². The highest BCUT2D eigenvalue weighted by molar-refractivity contribution is 5.92. The summed E-state index contributed by atoms with van der Waals surface area (Å²) in [6, 6.07) is 8.13. The molecule has 4 heteroatoms. The molecule has 0 radical (unpaired) electrons. The van der Waals surface area contributed by atoms with Gasteiger partial charge in [0.1, 0.15) is 0 Å². The number of hydrogen-bond donors (Lipinski definition) is 2. The van der Waals surface area contributed by atoms with E-state index in [4.69, 9.17) is 5.73 Å². The molecule has 4 nitrogen and oxygen atoms in total. The average Bonchev–Trinajstić information content (AvgIpc) is 2.97. The Labute approximate surface area is 127 Å². The van der Waals surface area contributed by atoms with Crippen LogP contribution in [0.4, 0.5) is 0 Å². The van der Waals surface area contributed by atoms with Gasteiger partial charge in [0.2, 0.25) is 5.91 Å². The molecule has 1 unspecified atom stereocenters. The number of carbonyl (C=O) groups is 1. The molecule has 1 fully saturated rings. The molecule has 1 heterocycles. The van der Waals surface area contributed by atoms with Crippen molar-refractivity contribution in [1.82, 2.24) is 10.2 Å². The van der Waals surface area contributed by atoms with Crippen molar-refractivity contribution in [3.8, 4) is 0 Å². The normalized spacial score (nSPS) is 17.3. The van der Waals surface area contributed by atoms with Crippen LogP contribution in [-0.4, -0.2) is 36.5 Å². The highest BCUT2D eigenvalue weighted by Gasteiger charge is 2.23. The maximum absolute atomic E-state index is 11.2. The SMILES string of the molecule is CC(C)C(CNCc1cccc(C(N)=O)c1)N1CCCC1. The Balaban J connectivity index is 1.87. The first-order valence-electron chi connectivity index (χ1n) is 7.91. The third-order valence-corrected chi connectivity index (χ3v) is 4.27. The monoisotopic (exact) mass is 289 g/mol. The molecule has 3 N–H and O–H groups in total. The molecule has 1 aromatic rings. The number of nitrogens with zero attached hydrogens (tertiary/aromatic N) is 1. The van der Waals surface area contributed by atoms with E-state index in [1.54, 1.807) is 6.07 Å². The summed E-state index contributed by atoms with van der Waals surface area (Å²) in [6.07, 6.45) is 2.65. The van der Waals surface area contributed by atoms with E-state index < -0.39 is 0 Å². The van der Waals surface area contributed by atoms with Crippen LogP contribution in [0, 0.1) is 5.92 Å². The van der Waals surface area contributed by atoms with Crippen LogP contribution in [0.2, 0.25) is 0 Å². The minimum Gasteiger partial charge on any atom is -0.366 e. The second-order valence-corrected chi connectivity index (χ2v) is 6.25. The maximum atomic E-state index is 11.2. The molecule has 0 aromatic heterocycles. The van der Waals surface area contributed by atoms with E-state index in [0.717, 1.165) is 18.7 Å². The van der Waals surface area contributed by atoms with Crippen LogP contribution >= 0.6 is 0 Å². The third-order valence-electron chi connectivity index (χ3n) is 4.27. The van der Waals surface area contributed by atoms with E-state index in [-0.39, 0.29) is 5.91 Å². The van der Waals surface area contributed by atoms with E-state index in [9.17, 15) is 4.79 Å². The lowest BCUT2D eigenvalue weighted by atomic mass is 10.0. The van der Waals surface area contributed by atoms with Crippen LogP contribution in [0.5, 0.6) is 0 Å². The number of hydrogen-bond acceptors (Lipinski definition) is 3. The summed E-state index contributed by atoms with van der Waals surface area (Å²) in [7, 11) is 0. The molecule has 0 spiro atoms. The molecule has 1 amide bonds. The van der Waals surface area contributed by atoms with Gasteiger partial charge in [0.15, 0.2) is 0 Å². The van der Waals surface area contributed by atoms with Gasteiger partial charge in [-0.3, -0.25) is 9.69 Å². The van der Waals surface area contributed by atoms with Crippen LogP contribution in [0.25, 0.3) is 0 Å². The lowest BCUT2D eigenvalue weighted by molar-refractivity contribution is 0.1000. The van der Waals surface area contributed by atoms with Crippen molar-refractivity contribution in [2.75, 3.05) is 19.6 Å². The number of nitrogens with one attached hydrogen (secondary N) is 1. The zero-order chi connectivity index (χ0) is 15.2. The van der Waals surface area contributed by atoms with Crippen molar-refractivity contribution in [2.24, 2.45) is 11.7 Å². The number of likely N-dealkylation sites (tertiary alicyclic amines) is 1. The van der Waals surface area contributed by atoms with Crippen molar-refractivity contribution >= 4 is 5.91 Å². The van der Waals surface area contributed by atoms with Crippen LogP contribution in [-0.2, 0) is 6.54 Å². The van der Waals surface area contributed by atoms with Gasteiger partial charge >= 0.3 is 0 Å². The predicted octanol–water partition coefficient (Wildman–Crippen LogP) is 2.00. The molecular formula is C17H27N3O. The standard InChI is InChI=1S/C17H27N3O/c1-13(2)16(20-8-3-4-9-20)12-19-11-14-6-5-7-15(10-14)17(18)21/h5-7,10,13,16,19H,3-4,8-9,11-12H2,1-2H3,(H2,18,21). The second-order valence-electron chi connectivity index (χ2n) is 6.25. The summed E-state index contributed by atoms with van der Waals surface area (Å²) in [5, 5.41) is 3.53. The molecular weight excluding hydrogens is 262 g/mol. The Hall–Kier alpha value is -1.39. The van der Waals surface area contributed by atoms with Gasteiger partial charge in [0.05, 0.1) is 0 Å². The van der Waals surface area contributed by atoms with Gasteiger partial charge in [-0.2, -0.15) is 0 Å². The third kappa shape index (κ3) is 4.55. The van der Waals surface area contributed by atoms with Crippen molar-refractivity contribution in [3.05, 3.63) is 35.4 Å². The molecule has 116 valence electrons. The highest BCUT2D eigenvalue weighted by Crippen LogP contribution is 2.17. The first-order chi connectivity index (χ1) is 10.1. The molecule has 2 rings (SSSR count). The number of primary amides is 1. The summed E-state index contributed by atoms with van der Waals surface area (Å²) < 4.78 is 0. The molecule has 1 aliphatic rings. The Bertz CT molecular complexity index is 467. The molecule has 1 aliphatic heterocycles.